The number of para-hydroxylation sites is 1. The van der Waals surface area contributed by atoms with Crippen LogP contribution in [0.25, 0.3) is 0 Å². The third-order valence-corrected chi connectivity index (χ3v) is 5.46. The summed E-state index contributed by atoms with van der Waals surface area (Å²) in [7, 11) is 1.77. The van der Waals surface area contributed by atoms with Crippen molar-refractivity contribution in [1.29, 1.82) is 0 Å². The van der Waals surface area contributed by atoms with Crippen LogP contribution in [-0.2, 0) is 11.8 Å². The number of carbonyl (C=O) groups excluding carboxylic acids is 1. The minimum absolute atomic E-state index is 0.0541. The lowest BCUT2D eigenvalue weighted by Crippen LogP contribution is -2.15. The monoisotopic (exact) mass is 454 g/mol. The molecule has 2 aromatic carbocycles. The van der Waals surface area contributed by atoms with Gasteiger partial charge in [-0.15, -0.1) is 10.2 Å². The van der Waals surface area contributed by atoms with E-state index in [-0.39, 0.29) is 17.3 Å². The Hall–Kier alpha value is -2.29. The molecule has 0 radical (unpaired) electrons. The smallest absolute Gasteiger partial charge is 0.234 e. The second-order valence-corrected chi connectivity index (χ2v) is 7.84. The Labute approximate surface area is 181 Å². The molecular weight excluding hydrogens is 438 g/mol. The van der Waals surface area contributed by atoms with E-state index in [2.05, 4.69) is 15.5 Å². The second kappa shape index (κ2) is 9.47. The first-order chi connectivity index (χ1) is 13.8. The molecule has 1 aromatic heterocycles. The predicted octanol–water partition coefficient (Wildman–Crippen LogP) is 5.13. The number of carbonyl (C=O) groups is 1. The van der Waals surface area contributed by atoms with Crippen LogP contribution in [0.2, 0.25) is 10.0 Å². The number of halogens is 3. The van der Waals surface area contributed by atoms with Crippen molar-refractivity contribution in [1.82, 2.24) is 14.8 Å². The van der Waals surface area contributed by atoms with Crippen molar-refractivity contribution in [3.8, 4) is 5.75 Å². The maximum Gasteiger partial charge on any atom is 0.234 e. The number of benzene rings is 2. The van der Waals surface area contributed by atoms with Gasteiger partial charge in [-0.1, -0.05) is 47.1 Å². The standard InChI is InChI=1S/C19H17Cl2FN4O2S/c1-11(28-16-8-7-12(20)9-13(16)21)18-24-25-19(26(18)2)29-10-17(27)23-15-6-4-3-5-14(15)22/h3-9,11H,10H2,1-2H3,(H,23,27). The molecule has 3 aromatic rings. The highest BCUT2D eigenvalue weighted by molar-refractivity contribution is 7.99. The molecule has 0 aliphatic heterocycles. The Morgan fingerprint density at radius 3 is 2.76 bits per heavy atom. The minimum Gasteiger partial charge on any atom is -0.481 e. The molecule has 1 amide bonds. The molecule has 1 unspecified atom stereocenters. The van der Waals surface area contributed by atoms with Crippen LogP contribution >= 0.6 is 35.0 Å². The van der Waals surface area contributed by atoms with Gasteiger partial charge in [-0.3, -0.25) is 4.79 Å². The molecule has 0 aliphatic carbocycles. The first-order valence-electron chi connectivity index (χ1n) is 8.53. The van der Waals surface area contributed by atoms with Gasteiger partial charge in [0.2, 0.25) is 5.91 Å². The Morgan fingerprint density at radius 1 is 1.28 bits per heavy atom. The number of nitrogens with one attached hydrogen (secondary N) is 1. The highest BCUT2D eigenvalue weighted by Crippen LogP contribution is 2.31. The van der Waals surface area contributed by atoms with Crippen molar-refractivity contribution >= 4 is 46.6 Å². The van der Waals surface area contributed by atoms with Crippen LogP contribution in [0.15, 0.2) is 47.6 Å². The van der Waals surface area contributed by atoms with Crippen LogP contribution in [0.4, 0.5) is 10.1 Å². The number of ether oxygens (including phenoxy) is 1. The Kier molecular flexibility index (Phi) is 7.00. The molecule has 29 heavy (non-hydrogen) atoms. The topological polar surface area (TPSA) is 69.0 Å². The molecule has 10 heteroatoms. The number of rotatable bonds is 7. The van der Waals surface area contributed by atoms with Crippen molar-refractivity contribution in [2.45, 2.75) is 18.2 Å². The summed E-state index contributed by atoms with van der Waals surface area (Å²) in [6.07, 6.45) is -0.437. The van der Waals surface area contributed by atoms with Gasteiger partial charge in [0.25, 0.3) is 0 Å². The van der Waals surface area contributed by atoms with E-state index in [1.165, 1.54) is 23.9 Å². The summed E-state index contributed by atoms with van der Waals surface area (Å²) in [4.78, 5) is 12.1. The largest absolute Gasteiger partial charge is 0.481 e. The molecule has 3 rings (SSSR count). The van der Waals surface area contributed by atoms with Crippen molar-refractivity contribution in [2.24, 2.45) is 7.05 Å². The van der Waals surface area contributed by atoms with E-state index >= 15 is 0 Å². The zero-order valence-electron chi connectivity index (χ0n) is 15.5. The molecule has 1 atom stereocenters. The summed E-state index contributed by atoms with van der Waals surface area (Å²) in [5.74, 6) is 0.261. The maximum atomic E-state index is 13.6. The summed E-state index contributed by atoms with van der Waals surface area (Å²) in [5.41, 5.74) is 0.138. The molecule has 0 aliphatic rings. The lowest BCUT2D eigenvalue weighted by molar-refractivity contribution is -0.113. The van der Waals surface area contributed by atoms with Crippen LogP contribution in [0.1, 0.15) is 18.9 Å². The van der Waals surface area contributed by atoms with Gasteiger partial charge in [-0.2, -0.15) is 0 Å². The molecule has 0 saturated carbocycles. The minimum atomic E-state index is -0.487. The zero-order chi connectivity index (χ0) is 21.0. The number of hydrogen-bond acceptors (Lipinski definition) is 5. The van der Waals surface area contributed by atoms with Gasteiger partial charge in [-0.05, 0) is 37.3 Å². The Balaban J connectivity index is 1.61. The fourth-order valence-electron chi connectivity index (χ4n) is 2.50. The van der Waals surface area contributed by atoms with Gasteiger partial charge < -0.3 is 14.6 Å². The number of thioether (sulfide) groups is 1. The number of aromatic nitrogens is 3. The molecule has 0 spiro atoms. The summed E-state index contributed by atoms with van der Waals surface area (Å²) in [6, 6.07) is 10.9. The third-order valence-electron chi connectivity index (χ3n) is 3.91. The van der Waals surface area contributed by atoms with E-state index in [1.807, 2.05) is 6.92 Å². The second-order valence-electron chi connectivity index (χ2n) is 6.05. The van der Waals surface area contributed by atoms with E-state index in [0.29, 0.717) is 26.8 Å². The molecule has 0 fully saturated rings. The molecule has 1 heterocycles. The van der Waals surface area contributed by atoms with E-state index in [9.17, 15) is 9.18 Å². The van der Waals surface area contributed by atoms with Crippen molar-refractivity contribution in [2.75, 3.05) is 11.1 Å². The normalized spacial score (nSPS) is 11.9. The number of nitrogens with zero attached hydrogens (tertiary/aromatic N) is 3. The summed E-state index contributed by atoms with van der Waals surface area (Å²) in [6.45, 7) is 1.81. The highest BCUT2D eigenvalue weighted by Gasteiger charge is 2.19. The molecule has 6 nitrogen and oxygen atoms in total. The summed E-state index contributed by atoms with van der Waals surface area (Å²) in [5, 5.41) is 12.2. The quantitative estimate of drug-likeness (QED) is 0.501. The number of amides is 1. The van der Waals surface area contributed by atoms with Gasteiger partial charge in [0, 0.05) is 12.1 Å². The average Bonchev–Trinajstić information content (AvgIpc) is 3.05. The van der Waals surface area contributed by atoms with Crippen molar-refractivity contribution < 1.29 is 13.9 Å². The predicted molar refractivity (Wildman–Crippen MR) is 112 cm³/mol. The first kappa shape index (κ1) is 21.4. The zero-order valence-corrected chi connectivity index (χ0v) is 17.9. The first-order valence-corrected chi connectivity index (χ1v) is 10.3. The van der Waals surface area contributed by atoms with Gasteiger partial charge in [0.05, 0.1) is 16.5 Å². The number of anilines is 1. The van der Waals surface area contributed by atoms with E-state index in [1.54, 1.807) is 41.9 Å². The SMILES string of the molecule is CC(Oc1ccc(Cl)cc1Cl)c1nnc(SCC(=O)Nc2ccccc2F)n1C. The van der Waals surface area contributed by atoms with E-state index < -0.39 is 11.9 Å². The average molecular weight is 455 g/mol. The van der Waals surface area contributed by atoms with Gasteiger partial charge in [-0.25, -0.2) is 4.39 Å². The van der Waals surface area contributed by atoms with Crippen LogP contribution in [-0.4, -0.2) is 26.4 Å². The summed E-state index contributed by atoms with van der Waals surface area (Å²) >= 11 is 13.2. The highest BCUT2D eigenvalue weighted by atomic mass is 35.5. The van der Waals surface area contributed by atoms with Crippen LogP contribution in [0.3, 0.4) is 0 Å². The lowest BCUT2D eigenvalue weighted by Gasteiger charge is -2.15. The Bertz CT molecular complexity index is 1030. The van der Waals surface area contributed by atoms with Gasteiger partial charge in [0.1, 0.15) is 11.6 Å². The summed E-state index contributed by atoms with van der Waals surface area (Å²) < 4.78 is 21.2. The van der Waals surface area contributed by atoms with E-state index in [0.717, 1.165) is 0 Å². The molecule has 1 N–H and O–H groups in total. The van der Waals surface area contributed by atoms with Crippen LogP contribution < -0.4 is 10.1 Å². The molecule has 0 saturated heterocycles. The van der Waals surface area contributed by atoms with Crippen molar-refractivity contribution in [3.05, 3.63) is 64.2 Å². The van der Waals surface area contributed by atoms with Crippen LogP contribution in [0, 0.1) is 5.82 Å². The maximum absolute atomic E-state index is 13.6. The molecular formula is C19H17Cl2FN4O2S. The fraction of sp³-hybridized carbons (Fsp3) is 0.211. The number of hydrogen-bond donors (Lipinski definition) is 1. The molecule has 0 bridgehead atoms. The molecule has 152 valence electrons. The van der Waals surface area contributed by atoms with E-state index in [4.69, 9.17) is 27.9 Å². The van der Waals surface area contributed by atoms with Gasteiger partial charge in [0.15, 0.2) is 17.1 Å². The van der Waals surface area contributed by atoms with Gasteiger partial charge >= 0.3 is 0 Å². The Morgan fingerprint density at radius 2 is 2.03 bits per heavy atom. The fourth-order valence-corrected chi connectivity index (χ4v) is 3.67. The lowest BCUT2D eigenvalue weighted by atomic mass is 10.3. The van der Waals surface area contributed by atoms with Crippen LogP contribution in [0.5, 0.6) is 5.75 Å². The van der Waals surface area contributed by atoms with Crippen molar-refractivity contribution in [3.63, 3.8) is 0 Å². The third kappa shape index (κ3) is 5.41.